The van der Waals surface area contributed by atoms with E-state index in [4.69, 9.17) is 21.1 Å². The summed E-state index contributed by atoms with van der Waals surface area (Å²) in [5.74, 6) is 1.21. The highest BCUT2D eigenvalue weighted by atomic mass is 35.5. The lowest BCUT2D eigenvalue weighted by atomic mass is 10.0. The summed E-state index contributed by atoms with van der Waals surface area (Å²) in [7, 11) is 0. The minimum Gasteiger partial charge on any atom is -0.489 e. The van der Waals surface area contributed by atoms with Gasteiger partial charge in [-0.1, -0.05) is 29.8 Å². The fraction of sp³-hybridized carbons (Fsp3) is 0.350. The molecule has 0 aromatic heterocycles. The molecule has 2 aromatic carbocycles. The molecule has 1 aliphatic heterocycles. The second kappa shape index (κ2) is 7.79. The number of aryl methyl sites for hydroxylation is 2. The molecule has 0 bridgehead atoms. The second-order valence-corrected chi connectivity index (χ2v) is 6.73. The lowest BCUT2D eigenvalue weighted by Gasteiger charge is -2.12. The molecule has 4 nitrogen and oxygen atoms in total. The van der Waals surface area contributed by atoms with Crippen LogP contribution >= 0.6 is 11.6 Å². The molecule has 0 spiro atoms. The van der Waals surface area contributed by atoms with Crippen molar-refractivity contribution in [2.45, 2.75) is 33.2 Å². The molecule has 0 aliphatic carbocycles. The summed E-state index contributed by atoms with van der Waals surface area (Å²) in [5, 5.41) is 3.45. The number of benzene rings is 2. The first kappa shape index (κ1) is 17.6. The van der Waals surface area contributed by atoms with Crippen molar-refractivity contribution < 1.29 is 14.3 Å². The third kappa shape index (κ3) is 4.45. The number of nitrogens with one attached hydrogen (secondary N) is 1. The van der Waals surface area contributed by atoms with Gasteiger partial charge in [-0.3, -0.25) is 4.79 Å². The molecular formula is C20H22ClNO3. The van der Waals surface area contributed by atoms with Crippen molar-refractivity contribution in [3.63, 3.8) is 0 Å². The standard InChI is InChI=1S/C20H22ClNO3/c1-13-4-5-15(8-14(13)2)11-19(23)22-12-16-9-17(21)20-18(10-16)24-6-3-7-25-20/h4-5,8-10H,3,6-7,11-12H2,1-2H3,(H,22,23). The van der Waals surface area contributed by atoms with Gasteiger partial charge in [-0.05, 0) is 48.2 Å². The van der Waals surface area contributed by atoms with Crippen molar-refractivity contribution in [1.29, 1.82) is 0 Å². The zero-order valence-corrected chi connectivity index (χ0v) is 15.3. The Morgan fingerprint density at radius 2 is 1.88 bits per heavy atom. The van der Waals surface area contributed by atoms with E-state index in [1.165, 1.54) is 11.1 Å². The van der Waals surface area contributed by atoms with Gasteiger partial charge in [-0.25, -0.2) is 0 Å². The van der Waals surface area contributed by atoms with Crippen molar-refractivity contribution in [1.82, 2.24) is 5.32 Å². The van der Waals surface area contributed by atoms with E-state index in [2.05, 4.69) is 25.2 Å². The van der Waals surface area contributed by atoms with Crippen LogP contribution in [-0.4, -0.2) is 19.1 Å². The van der Waals surface area contributed by atoms with Gasteiger partial charge < -0.3 is 14.8 Å². The molecule has 0 radical (unpaired) electrons. The van der Waals surface area contributed by atoms with E-state index in [1.807, 2.05) is 24.3 Å². The number of carbonyl (C=O) groups excluding carboxylic acids is 1. The highest BCUT2D eigenvalue weighted by molar-refractivity contribution is 6.32. The first-order chi connectivity index (χ1) is 12.0. The molecule has 1 heterocycles. The molecule has 0 atom stereocenters. The average Bonchev–Trinajstić information content (AvgIpc) is 2.82. The van der Waals surface area contributed by atoms with Gasteiger partial charge >= 0.3 is 0 Å². The van der Waals surface area contributed by atoms with Crippen LogP contribution in [0.4, 0.5) is 0 Å². The van der Waals surface area contributed by atoms with Crippen LogP contribution in [0.15, 0.2) is 30.3 Å². The van der Waals surface area contributed by atoms with E-state index < -0.39 is 0 Å². The summed E-state index contributed by atoms with van der Waals surface area (Å²) in [6, 6.07) is 9.78. The summed E-state index contributed by atoms with van der Waals surface area (Å²) < 4.78 is 11.3. The maximum absolute atomic E-state index is 12.2. The Balaban J connectivity index is 1.63. The van der Waals surface area contributed by atoms with E-state index in [-0.39, 0.29) is 5.91 Å². The van der Waals surface area contributed by atoms with E-state index >= 15 is 0 Å². The van der Waals surface area contributed by atoms with E-state index in [9.17, 15) is 4.79 Å². The number of halogens is 1. The normalized spacial score (nSPS) is 13.2. The number of hydrogen-bond donors (Lipinski definition) is 1. The van der Waals surface area contributed by atoms with Crippen LogP contribution in [-0.2, 0) is 17.8 Å². The molecule has 1 N–H and O–H groups in total. The molecule has 132 valence electrons. The van der Waals surface area contributed by atoms with Gasteiger partial charge in [0, 0.05) is 13.0 Å². The van der Waals surface area contributed by atoms with E-state index in [0.29, 0.717) is 42.7 Å². The van der Waals surface area contributed by atoms with Crippen LogP contribution in [0.2, 0.25) is 5.02 Å². The molecule has 0 unspecified atom stereocenters. The Hall–Kier alpha value is -2.20. The fourth-order valence-corrected chi connectivity index (χ4v) is 3.04. The van der Waals surface area contributed by atoms with Crippen LogP contribution in [0.5, 0.6) is 11.5 Å². The zero-order valence-electron chi connectivity index (χ0n) is 14.5. The highest BCUT2D eigenvalue weighted by Crippen LogP contribution is 2.37. The monoisotopic (exact) mass is 359 g/mol. The highest BCUT2D eigenvalue weighted by Gasteiger charge is 2.16. The molecule has 25 heavy (non-hydrogen) atoms. The number of amides is 1. The Bertz CT molecular complexity index is 789. The van der Waals surface area contributed by atoms with Crippen molar-refractivity contribution in [3.8, 4) is 11.5 Å². The number of hydrogen-bond acceptors (Lipinski definition) is 3. The third-order valence-electron chi connectivity index (χ3n) is 4.29. The summed E-state index contributed by atoms with van der Waals surface area (Å²) in [6.45, 7) is 5.72. The Morgan fingerprint density at radius 3 is 2.68 bits per heavy atom. The Morgan fingerprint density at radius 1 is 1.08 bits per heavy atom. The van der Waals surface area contributed by atoms with Gasteiger partial charge in [-0.15, -0.1) is 0 Å². The summed E-state index contributed by atoms with van der Waals surface area (Å²) in [5.41, 5.74) is 4.32. The topological polar surface area (TPSA) is 47.6 Å². The van der Waals surface area contributed by atoms with Gasteiger partial charge in [0.1, 0.15) is 0 Å². The van der Waals surface area contributed by atoms with Gasteiger partial charge in [-0.2, -0.15) is 0 Å². The SMILES string of the molecule is Cc1ccc(CC(=O)NCc2cc(Cl)c3c(c2)OCCCO3)cc1C. The molecule has 3 rings (SSSR count). The van der Waals surface area contributed by atoms with Gasteiger partial charge in [0.2, 0.25) is 5.91 Å². The predicted octanol–water partition coefficient (Wildman–Crippen LogP) is 3.98. The maximum Gasteiger partial charge on any atom is 0.224 e. The Kier molecular flexibility index (Phi) is 5.49. The maximum atomic E-state index is 12.2. The molecule has 0 saturated carbocycles. The number of rotatable bonds is 4. The van der Waals surface area contributed by atoms with Crippen LogP contribution in [0, 0.1) is 13.8 Å². The molecule has 0 saturated heterocycles. The number of carbonyl (C=O) groups is 1. The molecule has 1 amide bonds. The first-order valence-corrected chi connectivity index (χ1v) is 8.81. The van der Waals surface area contributed by atoms with Crippen LogP contribution in [0.1, 0.15) is 28.7 Å². The Labute approximate surface area is 153 Å². The van der Waals surface area contributed by atoms with E-state index in [0.717, 1.165) is 17.5 Å². The minimum atomic E-state index is -0.0218. The van der Waals surface area contributed by atoms with Crippen LogP contribution in [0.3, 0.4) is 0 Å². The van der Waals surface area contributed by atoms with Crippen molar-refractivity contribution in [3.05, 3.63) is 57.6 Å². The van der Waals surface area contributed by atoms with E-state index in [1.54, 1.807) is 0 Å². The quantitative estimate of drug-likeness (QED) is 0.898. The number of ether oxygens (including phenoxy) is 2. The van der Waals surface area contributed by atoms with Crippen molar-refractivity contribution >= 4 is 17.5 Å². The van der Waals surface area contributed by atoms with Crippen molar-refractivity contribution in [2.24, 2.45) is 0 Å². The fourth-order valence-electron chi connectivity index (χ4n) is 2.75. The lowest BCUT2D eigenvalue weighted by Crippen LogP contribution is -2.24. The largest absolute Gasteiger partial charge is 0.489 e. The van der Waals surface area contributed by atoms with Gasteiger partial charge in [0.25, 0.3) is 0 Å². The second-order valence-electron chi connectivity index (χ2n) is 6.33. The number of fused-ring (bicyclic) bond motifs is 1. The molecule has 0 fully saturated rings. The first-order valence-electron chi connectivity index (χ1n) is 8.44. The molecule has 2 aromatic rings. The third-order valence-corrected chi connectivity index (χ3v) is 4.57. The molecule has 5 heteroatoms. The van der Waals surface area contributed by atoms with Gasteiger partial charge in [0.15, 0.2) is 11.5 Å². The molecule has 1 aliphatic rings. The summed E-state index contributed by atoms with van der Waals surface area (Å²) in [4.78, 5) is 12.2. The minimum absolute atomic E-state index is 0.0218. The lowest BCUT2D eigenvalue weighted by molar-refractivity contribution is -0.120. The predicted molar refractivity (Wildman–Crippen MR) is 98.5 cm³/mol. The smallest absolute Gasteiger partial charge is 0.224 e. The van der Waals surface area contributed by atoms with Crippen LogP contribution < -0.4 is 14.8 Å². The van der Waals surface area contributed by atoms with Crippen LogP contribution in [0.25, 0.3) is 0 Å². The van der Waals surface area contributed by atoms with Crippen molar-refractivity contribution in [2.75, 3.05) is 13.2 Å². The molecular weight excluding hydrogens is 338 g/mol. The van der Waals surface area contributed by atoms with Gasteiger partial charge in [0.05, 0.1) is 24.7 Å². The average molecular weight is 360 g/mol. The zero-order chi connectivity index (χ0) is 17.8. The summed E-state index contributed by atoms with van der Waals surface area (Å²) >= 11 is 6.28. The summed E-state index contributed by atoms with van der Waals surface area (Å²) in [6.07, 6.45) is 1.19.